The van der Waals surface area contributed by atoms with E-state index >= 15 is 0 Å². The third kappa shape index (κ3) is 4.55. The van der Waals surface area contributed by atoms with Gasteiger partial charge in [-0.05, 0) is 54.7 Å². The van der Waals surface area contributed by atoms with Crippen LogP contribution in [0.4, 0.5) is 14.5 Å². The van der Waals surface area contributed by atoms with Crippen molar-refractivity contribution in [3.63, 3.8) is 0 Å². The normalized spacial score (nSPS) is 16.9. The van der Waals surface area contributed by atoms with Crippen molar-refractivity contribution in [1.29, 1.82) is 0 Å². The number of likely N-dealkylation sites (tertiary alicyclic amines) is 1. The maximum atomic E-state index is 13.4. The Labute approximate surface area is 163 Å². The number of amides is 2. The van der Waals surface area contributed by atoms with Crippen LogP contribution in [0.1, 0.15) is 48.5 Å². The molecule has 28 heavy (non-hydrogen) atoms. The Hall–Kier alpha value is -2.76. The number of hydrogen-bond acceptors (Lipinski definition) is 2. The molecule has 0 radical (unpaired) electrons. The van der Waals surface area contributed by atoms with Crippen LogP contribution in [-0.4, -0.2) is 29.8 Å². The number of nitrogens with one attached hydrogen (secondary N) is 1. The molecule has 2 aromatic rings. The van der Waals surface area contributed by atoms with Crippen molar-refractivity contribution in [2.24, 2.45) is 5.92 Å². The molecule has 0 aromatic heterocycles. The van der Waals surface area contributed by atoms with Crippen molar-refractivity contribution in [3.8, 4) is 0 Å². The van der Waals surface area contributed by atoms with Crippen LogP contribution in [0.15, 0.2) is 42.5 Å². The minimum absolute atomic E-state index is 0.0873. The molecule has 0 saturated carbocycles. The highest BCUT2D eigenvalue weighted by Crippen LogP contribution is 2.22. The van der Waals surface area contributed by atoms with E-state index in [1.54, 1.807) is 0 Å². The van der Waals surface area contributed by atoms with Crippen molar-refractivity contribution in [3.05, 3.63) is 65.2 Å². The number of benzene rings is 2. The second-order valence-electron chi connectivity index (χ2n) is 7.49. The van der Waals surface area contributed by atoms with Crippen LogP contribution in [0, 0.1) is 17.6 Å². The van der Waals surface area contributed by atoms with Gasteiger partial charge < -0.3 is 10.2 Å². The fourth-order valence-corrected chi connectivity index (χ4v) is 3.38. The number of piperidine rings is 1. The summed E-state index contributed by atoms with van der Waals surface area (Å²) in [5.74, 6) is -2.50. The van der Waals surface area contributed by atoms with Crippen molar-refractivity contribution < 1.29 is 18.4 Å². The van der Waals surface area contributed by atoms with Gasteiger partial charge in [-0.1, -0.05) is 26.0 Å². The van der Waals surface area contributed by atoms with Crippen molar-refractivity contribution >= 4 is 17.5 Å². The quantitative estimate of drug-likeness (QED) is 0.836. The van der Waals surface area contributed by atoms with Crippen molar-refractivity contribution in [1.82, 2.24) is 4.90 Å². The first-order valence-corrected chi connectivity index (χ1v) is 9.50. The van der Waals surface area contributed by atoms with E-state index in [1.807, 2.05) is 24.3 Å². The zero-order valence-corrected chi connectivity index (χ0v) is 16.0. The molecule has 2 aromatic carbocycles. The number of carbonyl (C=O) groups excluding carboxylic acids is 2. The largest absolute Gasteiger partial charge is 0.338 e. The Morgan fingerprint density at radius 1 is 1.07 bits per heavy atom. The Morgan fingerprint density at radius 3 is 2.43 bits per heavy atom. The highest BCUT2D eigenvalue weighted by Gasteiger charge is 2.29. The van der Waals surface area contributed by atoms with Crippen LogP contribution in [-0.2, 0) is 4.79 Å². The van der Waals surface area contributed by atoms with Gasteiger partial charge in [-0.15, -0.1) is 0 Å². The SMILES string of the molecule is CC(C)c1ccc(NC(=O)[C@@H]2CCCN(C(=O)c3ccc(F)c(F)c3)C2)cc1. The molecular formula is C22H24F2N2O2. The molecule has 1 heterocycles. The van der Waals surface area contributed by atoms with Gasteiger partial charge in [0.1, 0.15) is 0 Å². The van der Waals surface area contributed by atoms with Gasteiger partial charge >= 0.3 is 0 Å². The minimum atomic E-state index is -1.05. The Morgan fingerprint density at radius 2 is 1.79 bits per heavy atom. The van der Waals surface area contributed by atoms with Gasteiger partial charge in [-0.3, -0.25) is 9.59 Å². The number of rotatable bonds is 4. The Balaban J connectivity index is 1.64. The summed E-state index contributed by atoms with van der Waals surface area (Å²) in [5, 5.41) is 2.91. The first-order valence-electron chi connectivity index (χ1n) is 9.50. The topological polar surface area (TPSA) is 49.4 Å². The fraction of sp³-hybridized carbons (Fsp3) is 0.364. The number of halogens is 2. The Kier molecular flexibility index (Phi) is 6.07. The number of anilines is 1. The minimum Gasteiger partial charge on any atom is -0.338 e. The van der Waals surface area contributed by atoms with Crippen LogP contribution in [0.5, 0.6) is 0 Å². The maximum absolute atomic E-state index is 13.4. The van der Waals surface area contributed by atoms with E-state index in [-0.39, 0.29) is 23.9 Å². The van der Waals surface area contributed by atoms with E-state index in [4.69, 9.17) is 0 Å². The molecule has 1 N–H and O–H groups in total. The molecule has 1 aliphatic heterocycles. The number of hydrogen-bond donors (Lipinski definition) is 1. The zero-order chi connectivity index (χ0) is 20.3. The van der Waals surface area contributed by atoms with E-state index < -0.39 is 17.5 Å². The molecule has 1 saturated heterocycles. The molecule has 1 aliphatic rings. The average molecular weight is 386 g/mol. The van der Waals surface area contributed by atoms with E-state index in [0.29, 0.717) is 25.3 Å². The van der Waals surface area contributed by atoms with E-state index in [9.17, 15) is 18.4 Å². The molecule has 2 amide bonds. The molecule has 0 spiro atoms. The van der Waals surface area contributed by atoms with E-state index in [1.165, 1.54) is 16.5 Å². The standard InChI is InChI=1S/C22H24F2N2O2/c1-14(2)15-5-8-18(9-6-15)25-21(27)17-4-3-11-26(13-17)22(28)16-7-10-19(23)20(24)12-16/h5-10,12,14,17H,3-4,11,13H2,1-2H3,(H,25,27)/t17-/m1/s1. The van der Waals surface area contributed by atoms with Crippen molar-refractivity contribution in [2.45, 2.75) is 32.6 Å². The summed E-state index contributed by atoms with van der Waals surface area (Å²) in [6.07, 6.45) is 1.36. The van der Waals surface area contributed by atoms with Crippen LogP contribution in [0.2, 0.25) is 0 Å². The third-order valence-corrected chi connectivity index (χ3v) is 5.09. The molecule has 3 rings (SSSR count). The lowest BCUT2D eigenvalue weighted by Gasteiger charge is -2.32. The summed E-state index contributed by atoms with van der Waals surface area (Å²) >= 11 is 0. The summed E-state index contributed by atoms with van der Waals surface area (Å²) in [6.45, 7) is 4.96. The van der Waals surface area contributed by atoms with Crippen LogP contribution in [0.3, 0.4) is 0 Å². The molecule has 0 aliphatic carbocycles. The lowest BCUT2D eigenvalue weighted by atomic mass is 9.96. The van der Waals surface area contributed by atoms with Gasteiger partial charge in [-0.2, -0.15) is 0 Å². The van der Waals surface area contributed by atoms with Gasteiger partial charge in [0.15, 0.2) is 11.6 Å². The molecule has 0 unspecified atom stereocenters. The van der Waals surface area contributed by atoms with Gasteiger partial charge in [0.2, 0.25) is 5.91 Å². The molecule has 6 heteroatoms. The van der Waals surface area contributed by atoms with E-state index in [2.05, 4.69) is 19.2 Å². The third-order valence-electron chi connectivity index (χ3n) is 5.09. The molecule has 0 bridgehead atoms. The molecular weight excluding hydrogens is 362 g/mol. The summed E-state index contributed by atoms with van der Waals surface area (Å²) in [5.41, 5.74) is 2.00. The monoisotopic (exact) mass is 386 g/mol. The van der Waals surface area contributed by atoms with Gasteiger partial charge in [0.05, 0.1) is 5.92 Å². The van der Waals surface area contributed by atoms with Crippen LogP contribution >= 0.6 is 0 Å². The van der Waals surface area contributed by atoms with Crippen molar-refractivity contribution in [2.75, 3.05) is 18.4 Å². The van der Waals surface area contributed by atoms with E-state index in [0.717, 1.165) is 17.8 Å². The number of carbonyl (C=O) groups is 2. The average Bonchev–Trinajstić information content (AvgIpc) is 2.70. The van der Waals surface area contributed by atoms with Gasteiger partial charge in [0.25, 0.3) is 5.91 Å². The highest BCUT2D eigenvalue weighted by molar-refractivity contribution is 5.96. The Bertz CT molecular complexity index is 865. The predicted octanol–water partition coefficient (Wildman–Crippen LogP) is 4.58. The van der Waals surface area contributed by atoms with Crippen LogP contribution < -0.4 is 5.32 Å². The van der Waals surface area contributed by atoms with Gasteiger partial charge in [-0.25, -0.2) is 8.78 Å². The van der Waals surface area contributed by atoms with Gasteiger partial charge in [0, 0.05) is 24.3 Å². The first-order chi connectivity index (χ1) is 13.3. The molecule has 148 valence electrons. The molecule has 4 nitrogen and oxygen atoms in total. The summed E-state index contributed by atoms with van der Waals surface area (Å²) < 4.78 is 26.5. The fourth-order valence-electron chi connectivity index (χ4n) is 3.38. The smallest absolute Gasteiger partial charge is 0.253 e. The first kappa shape index (κ1) is 20.0. The summed E-state index contributed by atoms with van der Waals surface area (Å²) in [6, 6.07) is 10.8. The van der Waals surface area contributed by atoms with Crippen LogP contribution in [0.25, 0.3) is 0 Å². The summed E-state index contributed by atoms with van der Waals surface area (Å²) in [7, 11) is 0. The second kappa shape index (κ2) is 8.50. The summed E-state index contributed by atoms with van der Waals surface area (Å²) in [4.78, 5) is 26.8. The number of nitrogens with zero attached hydrogens (tertiary/aromatic N) is 1. The molecule has 1 atom stereocenters. The highest BCUT2D eigenvalue weighted by atomic mass is 19.2. The predicted molar refractivity (Wildman–Crippen MR) is 104 cm³/mol. The maximum Gasteiger partial charge on any atom is 0.253 e. The second-order valence-corrected chi connectivity index (χ2v) is 7.49. The lowest BCUT2D eigenvalue weighted by molar-refractivity contribution is -0.121. The molecule has 1 fully saturated rings. The zero-order valence-electron chi connectivity index (χ0n) is 16.0. The lowest BCUT2D eigenvalue weighted by Crippen LogP contribution is -2.43.